The predicted molar refractivity (Wildman–Crippen MR) is 116 cm³/mol. The molecular formula is C23H31N3O4. The number of nitrogens with zero attached hydrogens (tertiary/aromatic N) is 1. The Kier molecular flexibility index (Phi) is 7.52. The first-order valence-corrected chi connectivity index (χ1v) is 10.5. The highest BCUT2D eigenvalue weighted by Crippen LogP contribution is 2.22. The van der Waals surface area contributed by atoms with Crippen LogP contribution in [0.3, 0.4) is 0 Å². The van der Waals surface area contributed by atoms with Gasteiger partial charge in [-0.15, -0.1) is 0 Å². The molecular weight excluding hydrogens is 382 g/mol. The molecule has 2 aromatic rings. The van der Waals surface area contributed by atoms with Gasteiger partial charge in [0, 0.05) is 24.2 Å². The molecule has 30 heavy (non-hydrogen) atoms. The smallest absolute Gasteiger partial charge is 0.239 e. The van der Waals surface area contributed by atoms with Crippen LogP contribution in [0.2, 0.25) is 0 Å². The topological polar surface area (TPSA) is 83.8 Å². The van der Waals surface area contributed by atoms with Crippen LogP contribution in [-0.2, 0) is 4.79 Å². The van der Waals surface area contributed by atoms with Crippen molar-refractivity contribution in [2.75, 3.05) is 38.6 Å². The van der Waals surface area contributed by atoms with Crippen LogP contribution in [0.4, 0.5) is 5.69 Å². The highest BCUT2D eigenvalue weighted by atomic mass is 16.5. The highest BCUT2D eigenvalue weighted by molar-refractivity contribution is 6.10. The van der Waals surface area contributed by atoms with Crippen molar-refractivity contribution in [1.82, 2.24) is 10.2 Å². The number of carbonyl (C=O) groups excluding carboxylic acids is 2. The number of rotatable bonds is 9. The van der Waals surface area contributed by atoms with Crippen LogP contribution in [0.5, 0.6) is 5.75 Å². The maximum atomic E-state index is 12.7. The quantitative estimate of drug-likeness (QED) is 0.615. The summed E-state index contributed by atoms with van der Waals surface area (Å²) in [5.74, 6) is 1.04. The number of amides is 1. The third-order valence-electron chi connectivity index (χ3n) is 5.63. The third kappa shape index (κ3) is 5.63. The number of hydrogen-bond donors (Lipinski definition) is 2. The van der Waals surface area contributed by atoms with Gasteiger partial charge in [0.1, 0.15) is 5.75 Å². The molecule has 1 aliphatic rings. The number of carbonyl (C=O) groups is 2. The lowest BCUT2D eigenvalue weighted by Gasteiger charge is -2.34. The molecule has 7 nitrogen and oxygen atoms in total. The molecule has 1 fully saturated rings. The fraction of sp³-hybridized carbons (Fsp3) is 0.478. The maximum absolute atomic E-state index is 12.7. The number of likely N-dealkylation sites (tertiary alicyclic amines) is 1. The van der Waals surface area contributed by atoms with Gasteiger partial charge in [0.2, 0.25) is 11.7 Å². The average Bonchev–Trinajstić information content (AvgIpc) is 3.24. The van der Waals surface area contributed by atoms with E-state index in [2.05, 4.69) is 29.4 Å². The van der Waals surface area contributed by atoms with Crippen molar-refractivity contribution >= 4 is 17.4 Å². The van der Waals surface area contributed by atoms with Crippen LogP contribution in [0.25, 0.3) is 0 Å². The number of anilines is 1. The Morgan fingerprint density at radius 2 is 1.87 bits per heavy atom. The molecule has 1 aromatic carbocycles. The molecule has 0 unspecified atom stereocenters. The lowest BCUT2D eigenvalue weighted by Crippen LogP contribution is -2.42. The van der Waals surface area contributed by atoms with Gasteiger partial charge in [-0.25, -0.2) is 0 Å². The molecule has 0 bridgehead atoms. The number of methoxy groups -OCH3 is 1. The molecule has 0 atom stereocenters. The number of furan rings is 1. The Hall–Kier alpha value is -2.80. The zero-order chi connectivity index (χ0) is 21.5. The van der Waals surface area contributed by atoms with E-state index in [1.807, 2.05) is 0 Å². The molecule has 1 aliphatic heterocycles. The lowest BCUT2D eigenvalue weighted by atomic mass is 9.96. The average molecular weight is 414 g/mol. The summed E-state index contributed by atoms with van der Waals surface area (Å²) in [5.41, 5.74) is 1.00. The van der Waals surface area contributed by atoms with Crippen LogP contribution < -0.4 is 15.4 Å². The van der Waals surface area contributed by atoms with Crippen LogP contribution >= 0.6 is 0 Å². The SMILES string of the molecule is COc1ccc(C(=O)c2occc2NCC(=O)NCC2CCN(C(C)C)CC2)cc1. The van der Waals surface area contributed by atoms with Crippen molar-refractivity contribution in [3.05, 3.63) is 47.9 Å². The molecule has 1 aromatic heterocycles. The zero-order valence-electron chi connectivity index (χ0n) is 17.9. The molecule has 7 heteroatoms. The zero-order valence-corrected chi connectivity index (χ0v) is 17.9. The van der Waals surface area contributed by atoms with E-state index in [1.54, 1.807) is 37.4 Å². The maximum Gasteiger partial charge on any atom is 0.239 e. The third-order valence-corrected chi connectivity index (χ3v) is 5.63. The summed E-state index contributed by atoms with van der Waals surface area (Å²) >= 11 is 0. The van der Waals surface area contributed by atoms with Crippen molar-refractivity contribution in [3.8, 4) is 5.75 Å². The second-order valence-electron chi connectivity index (χ2n) is 7.95. The Labute approximate surface area is 177 Å². The van der Waals surface area contributed by atoms with Gasteiger partial charge in [-0.3, -0.25) is 9.59 Å². The largest absolute Gasteiger partial charge is 0.497 e. The Morgan fingerprint density at radius 3 is 2.50 bits per heavy atom. The van der Waals surface area contributed by atoms with Crippen molar-refractivity contribution in [1.29, 1.82) is 0 Å². The number of hydrogen-bond acceptors (Lipinski definition) is 6. The molecule has 0 spiro atoms. The van der Waals surface area contributed by atoms with E-state index in [1.165, 1.54) is 6.26 Å². The minimum Gasteiger partial charge on any atom is -0.497 e. The fourth-order valence-corrected chi connectivity index (χ4v) is 3.67. The van der Waals surface area contributed by atoms with E-state index >= 15 is 0 Å². The van der Waals surface area contributed by atoms with Crippen LogP contribution in [0.15, 0.2) is 41.0 Å². The number of benzene rings is 1. The highest BCUT2D eigenvalue weighted by Gasteiger charge is 2.21. The van der Waals surface area contributed by atoms with Gasteiger partial charge in [0.25, 0.3) is 0 Å². The first-order valence-electron chi connectivity index (χ1n) is 10.5. The van der Waals surface area contributed by atoms with E-state index in [9.17, 15) is 9.59 Å². The summed E-state index contributed by atoms with van der Waals surface area (Å²) in [6, 6.07) is 9.06. The Bertz CT molecular complexity index is 836. The van der Waals surface area contributed by atoms with Crippen molar-refractivity contribution < 1.29 is 18.7 Å². The predicted octanol–water partition coefficient (Wildman–Crippen LogP) is 3.17. The standard InChI is InChI=1S/C23H31N3O4/c1-16(2)26-11-8-17(9-12-26)14-25-21(27)15-24-20-10-13-30-23(20)22(28)18-4-6-19(29-3)7-5-18/h4-7,10,13,16-17,24H,8-9,11-12,14-15H2,1-3H3,(H,25,27). The van der Waals surface area contributed by atoms with Gasteiger partial charge < -0.3 is 24.7 Å². The summed E-state index contributed by atoms with van der Waals surface area (Å²) in [4.78, 5) is 27.4. The number of ether oxygens (including phenoxy) is 1. The molecule has 0 aliphatic carbocycles. The normalized spacial score (nSPS) is 15.2. The monoisotopic (exact) mass is 413 g/mol. The van der Waals surface area contributed by atoms with E-state index < -0.39 is 0 Å². The van der Waals surface area contributed by atoms with Gasteiger partial charge in [0.05, 0.1) is 25.6 Å². The number of piperidine rings is 1. The van der Waals surface area contributed by atoms with Gasteiger partial charge in [-0.05, 0) is 70.0 Å². The van der Waals surface area contributed by atoms with Crippen LogP contribution in [0, 0.1) is 5.92 Å². The molecule has 162 valence electrons. The number of ketones is 1. The molecule has 0 saturated carbocycles. The summed E-state index contributed by atoms with van der Waals surface area (Å²) in [6.07, 6.45) is 3.65. The molecule has 1 amide bonds. The second kappa shape index (κ2) is 10.3. The van der Waals surface area contributed by atoms with Crippen molar-refractivity contribution in [3.63, 3.8) is 0 Å². The van der Waals surface area contributed by atoms with Gasteiger partial charge >= 0.3 is 0 Å². The van der Waals surface area contributed by atoms with Crippen molar-refractivity contribution in [2.24, 2.45) is 5.92 Å². The summed E-state index contributed by atoms with van der Waals surface area (Å²) < 4.78 is 10.5. The Morgan fingerprint density at radius 1 is 1.17 bits per heavy atom. The van der Waals surface area contributed by atoms with E-state index in [4.69, 9.17) is 9.15 Å². The molecule has 1 saturated heterocycles. The van der Waals surface area contributed by atoms with Gasteiger partial charge in [-0.2, -0.15) is 0 Å². The van der Waals surface area contributed by atoms with E-state index in [-0.39, 0.29) is 24.0 Å². The summed E-state index contributed by atoms with van der Waals surface area (Å²) in [7, 11) is 1.57. The number of nitrogens with one attached hydrogen (secondary N) is 2. The first-order chi connectivity index (χ1) is 14.5. The molecule has 2 N–H and O–H groups in total. The van der Waals surface area contributed by atoms with Gasteiger partial charge in [0.15, 0.2) is 5.76 Å². The minimum absolute atomic E-state index is 0.0905. The Balaban J connectivity index is 1.47. The lowest BCUT2D eigenvalue weighted by molar-refractivity contribution is -0.119. The van der Waals surface area contributed by atoms with Gasteiger partial charge in [-0.1, -0.05) is 0 Å². The fourth-order valence-electron chi connectivity index (χ4n) is 3.67. The minimum atomic E-state index is -0.248. The summed E-state index contributed by atoms with van der Waals surface area (Å²) in [5, 5.41) is 6.02. The second-order valence-corrected chi connectivity index (χ2v) is 7.95. The first kappa shape index (κ1) is 21.9. The molecule has 0 radical (unpaired) electrons. The van der Waals surface area contributed by atoms with Crippen molar-refractivity contribution in [2.45, 2.75) is 32.7 Å². The molecule has 2 heterocycles. The summed E-state index contributed by atoms with van der Waals surface area (Å²) in [6.45, 7) is 7.39. The van der Waals surface area contributed by atoms with Crippen LogP contribution in [-0.4, -0.2) is 55.9 Å². The van der Waals surface area contributed by atoms with Crippen LogP contribution in [0.1, 0.15) is 42.8 Å². The van der Waals surface area contributed by atoms with E-state index in [0.717, 1.165) is 25.9 Å². The van der Waals surface area contributed by atoms with E-state index in [0.29, 0.717) is 35.5 Å². The molecule has 3 rings (SSSR count).